The van der Waals surface area contributed by atoms with Gasteiger partial charge in [0.05, 0.1) is 21.4 Å². The van der Waals surface area contributed by atoms with Crippen LogP contribution in [0.15, 0.2) is 51.8 Å². The van der Waals surface area contributed by atoms with E-state index in [1.54, 1.807) is 18.2 Å². The summed E-state index contributed by atoms with van der Waals surface area (Å²) in [4.78, 5) is 12.4. The first kappa shape index (κ1) is 15.7. The number of carbonyl (C=O) groups is 1. The number of anilines is 2. The maximum absolute atomic E-state index is 12.2. The van der Waals surface area contributed by atoms with Crippen molar-refractivity contribution in [3.63, 3.8) is 0 Å². The van der Waals surface area contributed by atoms with Crippen LogP contribution in [-0.4, -0.2) is 15.9 Å². The molecule has 0 saturated carbocycles. The number of nitrogens with one attached hydrogen (secondary N) is 1. The van der Waals surface area contributed by atoms with Gasteiger partial charge in [-0.2, -0.15) is 0 Å². The summed E-state index contributed by atoms with van der Waals surface area (Å²) in [6.07, 6.45) is 0. The van der Waals surface area contributed by atoms with Gasteiger partial charge in [0.15, 0.2) is 0 Å². The fourth-order valence-electron chi connectivity index (χ4n) is 1.82. The van der Waals surface area contributed by atoms with E-state index >= 15 is 0 Å². The summed E-state index contributed by atoms with van der Waals surface area (Å²) in [5.74, 6) is -0.450. The fourth-order valence-corrected chi connectivity index (χ4v) is 3.21. The van der Waals surface area contributed by atoms with Crippen LogP contribution in [0.1, 0.15) is 5.56 Å². The lowest BCUT2D eigenvalue weighted by Gasteiger charge is -2.09. The number of aryl methyl sites for hydroxylation is 1. The molecule has 0 saturated heterocycles. The third-order valence-electron chi connectivity index (χ3n) is 2.82. The van der Waals surface area contributed by atoms with Crippen molar-refractivity contribution in [2.24, 2.45) is 0 Å². The normalized spacial score (nSPS) is 11.9. The third kappa shape index (κ3) is 4.15. The average Bonchev–Trinajstić information content (AvgIpc) is 2.41. The largest absolute Gasteiger partial charge is 0.398 e. The second kappa shape index (κ2) is 6.87. The maximum Gasteiger partial charge on any atom is 0.237 e. The lowest BCUT2D eigenvalue weighted by atomic mass is 10.2. The van der Waals surface area contributed by atoms with E-state index < -0.39 is 10.8 Å². The van der Waals surface area contributed by atoms with Gasteiger partial charge in [0, 0.05) is 10.2 Å². The molecule has 2 rings (SSSR count). The molecule has 6 heteroatoms. The van der Waals surface area contributed by atoms with Crippen LogP contribution >= 0.6 is 15.9 Å². The Morgan fingerprint density at radius 1 is 1.29 bits per heavy atom. The Labute approximate surface area is 134 Å². The molecule has 0 fully saturated rings. The number of amides is 1. The topological polar surface area (TPSA) is 72.2 Å². The van der Waals surface area contributed by atoms with Crippen molar-refractivity contribution in [1.29, 1.82) is 0 Å². The number of halogens is 1. The predicted molar refractivity (Wildman–Crippen MR) is 89.6 cm³/mol. The van der Waals surface area contributed by atoms with Crippen molar-refractivity contribution >= 4 is 44.0 Å². The minimum absolute atomic E-state index is 0.130. The quantitative estimate of drug-likeness (QED) is 0.816. The minimum Gasteiger partial charge on any atom is -0.398 e. The molecule has 21 heavy (non-hydrogen) atoms. The zero-order valence-electron chi connectivity index (χ0n) is 11.4. The van der Waals surface area contributed by atoms with Crippen molar-refractivity contribution < 1.29 is 9.00 Å². The molecule has 0 aliphatic carbocycles. The highest BCUT2D eigenvalue weighted by atomic mass is 79.9. The summed E-state index contributed by atoms with van der Waals surface area (Å²) >= 11 is 3.34. The molecule has 0 bridgehead atoms. The summed E-state index contributed by atoms with van der Waals surface area (Å²) in [6, 6.07) is 12.5. The Balaban J connectivity index is 2.06. The Morgan fingerprint density at radius 3 is 2.67 bits per heavy atom. The van der Waals surface area contributed by atoms with E-state index in [4.69, 9.17) is 5.73 Å². The third-order valence-corrected chi connectivity index (χ3v) is 4.90. The van der Waals surface area contributed by atoms with Gasteiger partial charge in [-0.05, 0) is 52.7 Å². The first-order chi connectivity index (χ1) is 9.97. The highest BCUT2D eigenvalue weighted by Gasteiger charge is 2.13. The van der Waals surface area contributed by atoms with Crippen LogP contribution in [-0.2, 0) is 15.6 Å². The Morgan fingerprint density at radius 2 is 2.00 bits per heavy atom. The van der Waals surface area contributed by atoms with Crippen LogP contribution < -0.4 is 11.1 Å². The van der Waals surface area contributed by atoms with Gasteiger partial charge >= 0.3 is 0 Å². The zero-order valence-corrected chi connectivity index (χ0v) is 13.8. The van der Waals surface area contributed by atoms with Crippen molar-refractivity contribution in [3.8, 4) is 0 Å². The van der Waals surface area contributed by atoms with E-state index in [2.05, 4.69) is 21.2 Å². The monoisotopic (exact) mass is 366 g/mol. The van der Waals surface area contributed by atoms with Crippen LogP contribution in [0.2, 0.25) is 0 Å². The minimum atomic E-state index is -1.47. The van der Waals surface area contributed by atoms with Crippen LogP contribution in [0.25, 0.3) is 0 Å². The number of benzene rings is 2. The van der Waals surface area contributed by atoms with Crippen LogP contribution in [0.3, 0.4) is 0 Å². The van der Waals surface area contributed by atoms with E-state index in [9.17, 15) is 9.00 Å². The van der Waals surface area contributed by atoms with Gasteiger partial charge in [0.25, 0.3) is 0 Å². The van der Waals surface area contributed by atoms with Gasteiger partial charge in [-0.25, -0.2) is 0 Å². The first-order valence-corrected chi connectivity index (χ1v) is 8.37. The highest BCUT2D eigenvalue weighted by molar-refractivity contribution is 9.10. The Hall–Kier alpha value is -1.66. The first-order valence-electron chi connectivity index (χ1n) is 6.26. The number of nitrogens with two attached hydrogens (primary N) is 1. The molecule has 3 N–H and O–H groups in total. The molecule has 0 aliphatic heterocycles. The van der Waals surface area contributed by atoms with Gasteiger partial charge in [0.1, 0.15) is 5.75 Å². The SMILES string of the molecule is Cc1ccc(S(=O)CC(=O)Nc2ccccc2Br)c(N)c1. The fraction of sp³-hybridized carbons (Fsp3) is 0.133. The number of hydrogen-bond acceptors (Lipinski definition) is 3. The van der Waals surface area contributed by atoms with Gasteiger partial charge < -0.3 is 11.1 Å². The molecule has 0 radical (unpaired) electrons. The molecule has 0 aromatic heterocycles. The molecule has 110 valence electrons. The van der Waals surface area contributed by atoms with Crippen molar-refractivity contribution in [2.45, 2.75) is 11.8 Å². The number of hydrogen-bond donors (Lipinski definition) is 2. The van der Waals surface area contributed by atoms with E-state index in [0.29, 0.717) is 16.3 Å². The van der Waals surface area contributed by atoms with Crippen LogP contribution in [0.5, 0.6) is 0 Å². The van der Waals surface area contributed by atoms with E-state index in [1.807, 2.05) is 31.2 Å². The standard InChI is InChI=1S/C15H15BrN2O2S/c1-10-6-7-14(12(17)8-10)21(20)9-15(19)18-13-5-3-2-4-11(13)16/h2-8H,9,17H2,1H3,(H,18,19). The molecule has 0 spiro atoms. The summed E-state index contributed by atoms with van der Waals surface area (Å²) in [7, 11) is -1.47. The molecule has 2 aromatic rings. The molecule has 4 nitrogen and oxygen atoms in total. The molecular weight excluding hydrogens is 352 g/mol. The molecule has 0 heterocycles. The number of rotatable bonds is 4. The Kier molecular flexibility index (Phi) is 5.14. The number of para-hydroxylation sites is 1. The molecule has 0 aliphatic rings. The van der Waals surface area contributed by atoms with Crippen molar-refractivity contribution in [2.75, 3.05) is 16.8 Å². The van der Waals surface area contributed by atoms with E-state index in [1.165, 1.54) is 0 Å². The molecular formula is C15H15BrN2O2S. The summed E-state index contributed by atoms with van der Waals surface area (Å²) < 4.78 is 13.0. The molecule has 1 unspecified atom stereocenters. The van der Waals surface area contributed by atoms with E-state index in [0.717, 1.165) is 10.0 Å². The second-order valence-electron chi connectivity index (χ2n) is 4.56. The number of nitrogen functional groups attached to an aromatic ring is 1. The second-order valence-corrected chi connectivity index (χ2v) is 6.83. The van der Waals surface area contributed by atoms with Gasteiger partial charge in [0.2, 0.25) is 5.91 Å². The average molecular weight is 367 g/mol. The predicted octanol–water partition coefficient (Wildman–Crippen LogP) is 3.09. The summed E-state index contributed by atoms with van der Waals surface area (Å²) in [5.41, 5.74) is 7.93. The number of carbonyl (C=O) groups excluding carboxylic acids is 1. The lowest BCUT2D eigenvalue weighted by Crippen LogP contribution is -2.20. The smallest absolute Gasteiger partial charge is 0.237 e. The van der Waals surface area contributed by atoms with Gasteiger partial charge in [-0.3, -0.25) is 9.00 Å². The molecule has 2 aromatic carbocycles. The lowest BCUT2D eigenvalue weighted by molar-refractivity contribution is -0.113. The molecule has 1 atom stereocenters. The van der Waals surface area contributed by atoms with Gasteiger partial charge in [-0.1, -0.05) is 18.2 Å². The van der Waals surface area contributed by atoms with Crippen LogP contribution in [0.4, 0.5) is 11.4 Å². The molecule has 1 amide bonds. The van der Waals surface area contributed by atoms with Gasteiger partial charge in [-0.15, -0.1) is 0 Å². The van der Waals surface area contributed by atoms with Crippen LogP contribution in [0, 0.1) is 6.92 Å². The maximum atomic E-state index is 12.2. The van der Waals surface area contributed by atoms with Crippen molar-refractivity contribution in [1.82, 2.24) is 0 Å². The van der Waals surface area contributed by atoms with Crippen molar-refractivity contribution in [3.05, 3.63) is 52.5 Å². The summed E-state index contributed by atoms with van der Waals surface area (Å²) in [6.45, 7) is 1.91. The van der Waals surface area contributed by atoms with E-state index in [-0.39, 0.29) is 11.7 Å². The Bertz CT molecular complexity index is 704. The zero-order chi connectivity index (χ0) is 15.4. The summed E-state index contributed by atoms with van der Waals surface area (Å²) in [5, 5.41) is 2.72. The highest BCUT2D eigenvalue weighted by Crippen LogP contribution is 2.22.